The van der Waals surface area contributed by atoms with E-state index in [0.717, 1.165) is 35.5 Å². The maximum Gasteiger partial charge on any atom is 0.317 e. The quantitative estimate of drug-likeness (QED) is 0.137. The van der Waals surface area contributed by atoms with Crippen LogP contribution in [0, 0.1) is 0 Å². The summed E-state index contributed by atoms with van der Waals surface area (Å²) in [5.74, 6) is 0.556. The van der Waals surface area contributed by atoms with Gasteiger partial charge in [-0.05, 0) is 53.9 Å². The van der Waals surface area contributed by atoms with E-state index in [-0.39, 0.29) is 12.5 Å². The summed E-state index contributed by atoms with van der Waals surface area (Å²) in [6, 6.07) is 24.7. The highest BCUT2D eigenvalue weighted by Crippen LogP contribution is 2.22. The molecule has 6 nitrogen and oxygen atoms in total. The van der Waals surface area contributed by atoms with Crippen LogP contribution in [-0.4, -0.2) is 35.0 Å². The number of nitrogens with zero attached hydrogens (tertiary/aromatic N) is 1. The summed E-state index contributed by atoms with van der Waals surface area (Å²) in [7, 11) is 0. The van der Waals surface area contributed by atoms with E-state index in [9.17, 15) is 14.7 Å². The fourth-order valence-electron chi connectivity index (χ4n) is 4.84. The van der Waals surface area contributed by atoms with Crippen LogP contribution in [0.1, 0.15) is 92.6 Å². The number of para-hydroxylation sites is 1. The Morgan fingerprint density at radius 1 is 0.683 bits per heavy atom. The van der Waals surface area contributed by atoms with Gasteiger partial charge in [-0.15, -0.1) is 0 Å². The Labute approximate surface area is 245 Å². The monoisotopic (exact) mass is 558 g/mol. The van der Waals surface area contributed by atoms with Gasteiger partial charge in [-0.1, -0.05) is 107 Å². The molecule has 3 rings (SSSR count). The fourth-order valence-corrected chi connectivity index (χ4v) is 4.84. The first kappa shape index (κ1) is 31.9. The molecule has 0 aliphatic carbocycles. The summed E-state index contributed by atoms with van der Waals surface area (Å²) >= 11 is 0. The van der Waals surface area contributed by atoms with Crippen LogP contribution in [0.25, 0.3) is 0 Å². The number of carboxylic acid groups (broad SMARTS) is 1. The first-order chi connectivity index (χ1) is 20.0. The molecule has 0 fully saturated rings. The van der Waals surface area contributed by atoms with Crippen LogP contribution in [0.5, 0.6) is 11.5 Å². The van der Waals surface area contributed by atoms with E-state index in [2.05, 4.69) is 12.2 Å². The number of carboxylic acids is 1. The maximum absolute atomic E-state index is 12.6. The Kier molecular flexibility index (Phi) is 14.5. The van der Waals surface area contributed by atoms with Crippen molar-refractivity contribution < 1.29 is 19.4 Å². The predicted octanol–water partition coefficient (Wildman–Crippen LogP) is 8.22. The molecule has 6 heteroatoms. The largest absolute Gasteiger partial charge is 0.480 e. The van der Waals surface area contributed by atoms with Crippen molar-refractivity contribution in [2.45, 2.75) is 84.2 Å². The molecule has 0 aliphatic rings. The van der Waals surface area contributed by atoms with Gasteiger partial charge in [0.25, 0.3) is 5.91 Å². The van der Waals surface area contributed by atoms with Gasteiger partial charge < -0.3 is 15.2 Å². The lowest BCUT2D eigenvalue weighted by Gasteiger charge is -2.21. The lowest BCUT2D eigenvalue weighted by molar-refractivity contribution is -0.138. The summed E-state index contributed by atoms with van der Waals surface area (Å²) in [5.41, 5.74) is 2.58. The van der Waals surface area contributed by atoms with Crippen LogP contribution in [0.15, 0.2) is 78.9 Å². The van der Waals surface area contributed by atoms with Crippen LogP contribution in [0.2, 0.25) is 0 Å². The summed E-state index contributed by atoms with van der Waals surface area (Å²) in [4.78, 5) is 26.0. The Hall–Kier alpha value is -3.64. The summed E-state index contributed by atoms with van der Waals surface area (Å²) in [6.07, 6.45) is 12.7. The topological polar surface area (TPSA) is 78.9 Å². The van der Waals surface area contributed by atoms with Gasteiger partial charge >= 0.3 is 5.97 Å². The Bertz CT molecular complexity index is 1150. The Morgan fingerprint density at radius 2 is 1.20 bits per heavy atom. The number of benzene rings is 3. The highest BCUT2D eigenvalue weighted by molar-refractivity contribution is 5.94. The van der Waals surface area contributed by atoms with E-state index in [1.807, 2.05) is 83.8 Å². The highest BCUT2D eigenvalue weighted by atomic mass is 16.5. The minimum absolute atomic E-state index is 0.0623. The number of rotatable bonds is 20. The molecular weight excluding hydrogens is 512 g/mol. The van der Waals surface area contributed by atoms with Crippen molar-refractivity contribution >= 4 is 11.9 Å². The minimum atomic E-state index is -0.878. The summed E-state index contributed by atoms with van der Waals surface area (Å²) < 4.78 is 5.85. The molecular formula is C35H46N2O4. The van der Waals surface area contributed by atoms with Gasteiger partial charge in [-0.25, -0.2) is 0 Å². The molecule has 0 radical (unpaired) electrons. The molecule has 3 aromatic rings. The van der Waals surface area contributed by atoms with Gasteiger partial charge in [0, 0.05) is 25.2 Å². The summed E-state index contributed by atoms with van der Waals surface area (Å²) in [5, 5.41) is 12.5. The van der Waals surface area contributed by atoms with Gasteiger partial charge in [-0.3, -0.25) is 14.5 Å². The van der Waals surface area contributed by atoms with Crippen molar-refractivity contribution in [3.05, 3.63) is 95.6 Å². The Balaban J connectivity index is 1.39. The van der Waals surface area contributed by atoms with Crippen molar-refractivity contribution in [1.82, 2.24) is 10.2 Å². The number of nitrogens with one attached hydrogen (secondary N) is 1. The number of amides is 1. The van der Waals surface area contributed by atoms with Gasteiger partial charge in [0.1, 0.15) is 11.5 Å². The van der Waals surface area contributed by atoms with E-state index in [4.69, 9.17) is 4.74 Å². The van der Waals surface area contributed by atoms with Gasteiger partial charge in [0.05, 0.1) is 6.54 Å². The van der Waals surface area contributed by atoms with Crippen molar-refractivity contribution in [3.63, 3.8) is 0 Å². The molecule has 41 heavy (non-hydrogen) atoms. The number of unbranched alkanes of at least 4 members (excludes halogenated alkanes) is 9. The maximum atomic E-state index is 12.6. The Morgan fingerprint density at radius 3 is 1.76 bits per heavy atom. The molecule has 0 atom stereocenters. The number of hydrogen-bond acceptors (Lipinski definition) is 4. The SMILES string of the molecule is CCCCCCCCCCCCNC(=O)c1ccc(CN(CC(=O)O)Cc2ccc(Oc3ccccc3)cc2)cc1. The standard InChI is InChI=1S/C35H46N2O4/c1-2-3-4-5-6-7-8-9-10-14-25-36-35(40)31-21-17-29(18-22-31)26-37(28-34(38)39)27-30-19-23-33(24-20-30)41-32-15-12-11-13-16-32/h11-13,15-24H,2-10,14,25-28H2,1H3,(H,36,40)(H,38,39). The normalized spacial score (nSPS) is 11.0. The molecule has 3 aromatic carbocycles. The second-order valence-electron chi connectivity index (χ2n) is 10.7. The van der Waals surface area contributed by atoms with Gasteiger partial charge in [0.2, 0.25) is 0 Å². The number of ether oxygens (including phenoxy) is 1. The molecule has 0 aromatic heterocycles. The lowest BCUT2D eigenvalue weighted by atomic mass is 10.1. The average molecular weight is 559 g/mol. The molecule has 1 amide bonds. The van der Waals surface area contributed by atoms with Crippen LogP contribution in [0.3, 0.4) is 0 Å². The number of aliphatic carboxylic acids is 1. The van der Waals surface area contributed by atoms with Crippen LogP contribution in [0.4, 0.5) is 0 Å². The molecule has 0 saturated carbocycles. The molecule has 220 valence electrons. The third-order valence-corrected chi connectivity index (χ3v) is 7.11. The second kappa shape index (κ2) is 18.7. The molecule has 0 heterocycles. The van der Waals surface area contributed by atoms with E-state index in [0.29, 0.717) is 25.2 Å². The van der Waals surface area contributed by atoms with Crippen LogP contribution < -0.4 is 10.1 Å². The predicted molar refractivity (Wildman–Crippen MR) is 165 cm³/mol. The van der Waals surface area contributed by atoms with Crippen LogP contribution >= 0.6 is 0 Å². The van der Waals surface area contributed by atoms with Crippen LogP contribution in [-0.2, 0) is 17.9 Å². The molecule has 2 N–H and O–H groups in total. The smallest absolute Gasteiger partial charge is 0.317 e. The average Bonchev–Trinajstić information content (AvgIpc) is 2.97. The minimum Gasteiger partial charge on any atom is -0.480 e. The summed E-state index contributed by atoms with van der Waals surface area (Å²) in [6.45, 7) is 3.81. The van der Waals surface area contributed by atoms with Crippen molar-refractivity contribution in [1.29, 1.82) is 0 Å². The molecule has 0 spiro atoms. The van der Waals surface area contributed by atoms with E-state index in [1.54, 1.807) is 0 Å². The van der Waals surface area contributed by atoms with Crippen molar-refractivity contribution in [2.24, 2.45) is 0 Å². The molecule has 0 saturated heterocycles. The van der Waals surface area contributed by atoms with Crippen molar-refractivity contribution in [3.8, 4) is 11.5 Å². The molecule has 0 aliphatic heterocycles. The first-order valence-electron chi connectivity index (χ1n) is 15.2. The third-order valence-electron chi connectivity index (χ3n) is 7.11. The second-order valence-corrected chi connectivity index (χ2v) is 10.7. The van der Waals surface area contributed by atoms with E-state index >= 15 is 0 Å². The zero-order chi connectivity index (χ0) is 29.1. The van der Waals surface area contributed by atoms with Gasteiger partial charge in [-0.2, -0.15) is 0 Å². The first-order valence-corrected chi connectivity index (χ1v) is 15.2. The fraction of sp³-hybridized carbons (Fsp3) is 0.429. The highest BCUT2D eigenvalue weighted by Gasteiger charge is 2.13. The zero-order valence-corrected chi connectivity index (χ0v) is 24.5. The number of carbonyl (C=O) groups is 2. The zero-order valence-electron chi connectivity index (χ0n) is 24.5. The van der Waals surface area contributed by atoms with Gasteiger partial charge in [0.15, 0.2) is 0 Å². The third kappa shape index (κ3) is 13.0. The van der Waals surface area contributed by atoms with E-state index in [1.165, 1.54) is 51.4 Å². The lowest BCUT2D eigenvalue weighted by Crippen LogP contribution is -2.29. The number of carbonyl (C=O) groups excluding carboxylic acids is 1. The number of hydrogen-bond donors (Lipinski definition) is 2. The van der Waals surface area contributed by atoms with Crippen molar-refractivity contribution in [2.75, 3.05) is 13.1 Å². The van der Waals surface area contributed by atoms with E-state index < -0.39 is 5.97 Å². The molecule has 0 unspecified atom stereocenters. The molecule has 0 bridgehead atoms.